The summed E-state index contributed by atoms with van der Waals surface area (Å²) in [6.45, 7) is -1.60. The predicted molar refractivity (Wildman–Crippen MR) is 95.5 cm³/mol. The molecule has 0 saturated carbocycles. The fourth-order valence-corrected chi connectivity index (χ4v) is 2.69. The Morgan fingerprint density at radius 3 is 2.34 bits per heavy atom. The minimum atomic E-state index is -4.57. The summed E-state index contributed by atoms with van der Waals surface area (Å²) in [7, 11) is 4.43. The number of methoxy groups -OCH3 is 3. The second-order valence-electron chi connectivity index (χ2n) is 5.25. The van der Waals surface area contributed by atoms with Gasteiger partial charge in [0.05, 0.1) is 21.3 Å². The highest BCUT2D eigenvalue weighted by Crippen LogP contribution is 2.41. The van der Waals surface area contributed by atoms with E-state index in [4.69, 9.17) is 18.6 Å². The highest BCUT2D eigenvalue weighted by Gasteiger charge is 2.29. The molecule has 1 N–H and O–H groups in total. The van der Waals surface area contributed by atoms with Crippen LogP contribution in [-0.4, -0.2) is 62.7 Å². The quantitative estimate of drug-likeness (QED) is 0.468. The van der Waals surface area contributed by atoms with Gasteiger partial charge in [-0.2, -0.15) is 13.2 Å². The van der Waals surface area contributed by atoms with Crippen LogP contribution in [0.15, 0.2) is 21.8 Å². The van der Waals surface area contributed by atoms with Crippen LogP contribution in [-0.2, 0) is 4.74 Å². The Morgan fingerprint density at radius 1 is 1.14 bits per heavy atom. The molecule has 1 amide bonds. The lowest BCUT2D eigenvalue weighted by Crippen LogP contribution is -2.30. The number of benzene rings is 1. The number of thioether (sulfide) groups is 1. The summed E-state index contributed by atoms with van der Waals surface area (Å²) < 4.78 is 61.2. The first kappa shape index (κ1) is 22.5. The monoisotopic (exact) mass is 437 g/mol. The fourth-order valence-electron chi connectivity index (χ4n) is 2.08. The lowest BCUT2D eigenvalue weighted by atomic mass is 10.2. The molecule has 2 rings (SSSR count). The summed E-state index contributed by atoms with van der Waals surface area (Å²) in [4.78, 5) is 11.1. The first-order valence-electron chi connectivity index (χ1n) is 8.01. The minimum absolute atomic E-state index is 0.0449. The van der Waals surface area contributed by atoms with Gasteiger partial charge < -0.3 is 28.7 Å². The van der Waals surface area contributed by atoms with Gasteiger partial charge in [-0.15, -0.1) is 10.2 Å². The van der Waals surface area contributed by atoms with Crippen molar-refractivity contribution < 1.29 is 41.3 Å². The van der Waals surface area contributed by atoms with E-state index >= 15 is 0 Å². The van der Waals surface area contributed by atoms with Crippen LogP contribution in [0.5, 0.6) is 17.2 Å². The number of ether oxygens (including phenoxy) is 4. The Morgan fingerprint density at radius 2 is 1.79 bits per heavy atom. The van der Waals surface area contributed by atoms with Gasteiger partial charge in [0.15, 0.2) is 18.1 Å². The maximum atomic E-state index is 11.9. The number of carbonyl (C=O) groups is 1. The lowest BCUT2D eigenvalue weighted by molar-refractivity contribution is -0.160. The van der Waals surface area contributed by atoms with Crippen molar-refractivity contribution in [3.05, 3.63) is 12.1 Å². The molecular formula is C16H18F3N3O6S. The second kappa shape index (κ2) is 10.1. The molecule has 9 nitrogen and oxygen atoms in total. The van der Waals surface area contributed by atoms with Gasteiger partial charge in [-0.05, 0) is 12.1 Å². The molecule has 0 aliphatic carbocycles. The van der Waals surface area contributed by atoms with Gasteiger partial charge >= 0.3 is 12.3 Å². The molecule has 0 radical (unpaired) electrons. The summed E-state index contributed by atoms with van der Waals surface area (Å²) in [5.74, 6) is 1.71. The standard InChI is InChI=1S/C16H18F3N3O6S/c1-24-10-6-9(7-11(25-2)12(10)26-3)13-21-22-15(28-13)29-5-4-20-14(23)27-8-16(17,18)19/h6-7H,4-5,8H2,1-3H3,(H,20,23). The Balaban J connectivity index is 1.92. The first-order valence-corrected chi connectivity index (χ1v) is 9.00. The maximum Gasteiger partial charge on any atom is 0.422 e. The Kier molecular flexibility index (Phi) is 7.82. The zero-order chi connectivity index (χ0) is 21.4. The average Bonchev–Trinajstić information content (AvgIpc) is 3.16. The number of alkyl carbamates (subject to hydrolysis) is 1. The van der Waals surface area contributed by atoms with E-state index < -0.39 is 18.9 Å². The van der Waals surface area contributed by atoms with E-state index in [-0.39, 0.29) is 23.4 Å². The summed E-state index contributed by atoms with van der Waals surface area (Å²) >= 11 is 1.11. The third kappa shape index (κ3) is 6.62. The van der Waals surface area contributed by atoms with Crippen LogP contribution < -0.4 is 19.5 Å². The van der Waals surface area contributed by atoms with Crippen molar-refractivity contribution in [2.75, 3.05) is 40.2 Å². The molecule has 2 aromatic rings. The van der Waals surface area contributed by atoms with E-state index in [0.717, 1.165) is 11.8 Å². The molecule has 0 atom stereocenters. The molecule has 0 fully saturated rings. The number of amides is 1. The van der Waals surface area contributed by atoms with Crippen LogP contribution in [0.25, 0.3) is 11.5 Å². The van der Waals surface area contributed by atoms with Gasteiger partial charge in [0.2, 0.25) is 11.6 Å². The Labute approximate surface area is 167 Å². The zero-order valence-electron chi connectivity index (χ0n) is 15.7. The normalized spacial score (nSPS) is 11.1. The van der Waals surface area contributed by atoms with Crippen LogP contribution in [0.3, 0.4) is 0 Å². The zero-order valence-corrected chi connectivity index (χ0v) is 16.5. The molecule has 1 aromatic heterocycles. The molecule has 29 heavy (non-hydrogen) atoms. The number of alkyl halides is 3. The third-order valence-electron chi connectivity index (χ3n) is 3.28. The second-order valence-corrected chi connectivity index (χ2v) is 6.30. The third-order valence-corrected chi connectivity index (χ3v) is 4.10. The molecule has 0 bridgehead atoms. The number of rotatable bonds is 9. The highest BCUT2D eigenvalue weighted by molar-refractivity contribution is 7.99. The molecule has 1 heterocycles. The van der Waals surface area contributed by atoms with Crippen molar-refractivity contribution in [3.8, 4) is 28.7 Å². The van der Waals surface area contributed by atoms with Gasteiger partial charge in [-0.3, -0.25) is 0 Å². The fraction of sp³-hybridized carbons (Fsp3) is 0.438. The molecular weight excluding hydrogens is 419 g/mol. The first-order chi connectivity index (χ1) is 13.8. The van der Waals surface area contributed by atoms with Crippen LogP contribution in [0.4, 0.5) is 18.0 Å². The van der Waals surface area contributed by atoms with Crippen molar-refractivity contribution in [3.63, 3.8) is 0 Å². The van der Waals surface area contributed by atoms with E-state index in [1.165, 1.54) is 21.3 Å². The number of nitrogens with one attached hydrogen (secondary N) is 1. The highest BCUT2D eigenvalue weighted by atomic mass is 32.2. The van der Waals surface area contributed by atoms with Crippen molar-refractivity contribution >= 4 is 17.9 Å². The topological polar surface area (TPSA) is 105 Å². The number of carbonyl (C=O) groups excluding carboxylic acids is 1. The van der Waals surface area contributed by atoms with Gasteiger partial charge in [-0.1, -0.05) is 11.8 Å². The summed E-state index contributed by atoms with van der Waals surface area (Å²) in [6, 6.07) is 3.28. The van der Waals surface area contributed by atoms with E-state index in [0.29, 0.717) is 22.8 Å². The van der Waals surface area contributed by atoms with Crippen molar-refractivity contribution in [1.29, 1.82) is 0 Å². The molecule has 160 valence electrons. The van der Waals surface area contributed by atoms with E-state index in [2.05, 4.69) is 20.3 Å². The van der Waals surface area contributed by atoms with Crippen LogP contribution in [0, 0.1) is 0 Å². The van der Waals surface area contributed by atoms with E-state index in [9.17, 15) is 18.0 Å². The van der Waals surface area contributed by atoms with Crippen molar-refractivity contribution in [2.24, 2.45) is 0 Å². The minimum Gasteiger partial charge on any atom is -0.493 e. The average molecular weight is 437 g/mol. The van der Waals surface area contributed by atoms with Crippen molar-refractivity contribution in [1.82, 2.24) is 15.5 Å². The van der Waals surface area contributed by atoms with Crippen LogP contribution in [0.2, 0.25) is 0 Å². The summed E-state index contributed by atoms with van der Waals surface area (Å²) in [5.41, 5.74) is 0.535. The molecule has 1 aromatic carbocycles. The predicted octanol–water partition coefficient (Wildman–Crippen LogP) is 3.14. The molecule has 0 aliphatic rings. The molecule has 13 heteroatoms. The van der Waals surface area contributed by atoms with Crippen LogP contribution in [0.1, 0.15) is 0 Å². The van der Waals surface area contributed by atoms with Crippen molar-refractivity contribution in [2.45, 2.75) is 11.4 Å². The van der Waals surface area contributed by atoms with E-state index in [1.807, 2.05) is 0 Å². The number of halogens is 3. The molecule has 0 saturated heterocycles. The number of aromatic nitrogens is 2. The van der Waals surface area contributed by atoms with Crippen LogP contribution >= 0.6 is 11.8 Å². The number of hydrogen-bond donors (Lipinski definition) is 1. The van der Waals surface area contributed by atoms with Gasteiger partial charge in [0.25, 0.3) is 5.22 Å². The summed E-state index contributed by atoms with van der Waals surface area (Å²) in [6.07, 6.45) is -5.73. The number of nitrogens with zero attached hydrogens (tertiary/aromatic N) is 2. The maximum absolute atomic E-state index is 11.9. The Bertz CT molecular complexity index is 805. The smallest absolute Gasteiger partial charge is 0.422 e. The molecule has 0 spiro atoms. The summed E-state index contributed by atoms with van der Waals surface area (Å²) in [5, 5.41) is 10.2. The molecule has 0 aliphatic heterocycles. The van der Waals surface area contributed by atoms with E-state index in [1.54, 1.807) is 12.1 Å². The largest absolute Gasteiger partial charge is 0.493 e. The SMILES string of the molecule is COc1cc(-c2nnc(SCCNC(=O)OCC(F)(F)F)o2)cc(OC)c1OC. The number of hydrogen-bond acceptors (Lipinski definition) is 9. The van der Waals surface area contributed by atoms with Gasteiger partial charge in [0, 0.05) is 17.9 Å². The lowest BCUT2D eigenvalue weighted by Gasteiger charge is -2.12. The molecule has 0 unspecified atom stereocenters. The van der Waals surface area contributed by atoms with Gasteiger partial charge in [0.1, 0.15) is 0 Å². The van der Waals surface area contributed by atoms with Gasteiger partial charge in [-0.25, -0.2) is 4.79 Å². The Hall–Kier alpha value is -2.83.